The van der Waals surface area contributed by atoms with Crippen LogP contribution in [0.25, 0.3) is 6.08 Å². The first-order valence-corrected chi connectivity index (χ1v) is 11.5. The van der Waals surface area contributed by atoms with E-state index in [0.29, 0.717) is 24.2 Å². The molecule has 1 saturated heterocycles. The summed E-state index contributed by atoms with van der Waals surface area (Å²) in [4.78, 5) is 24.2. The topological polar surface area (TPSA) is 99.2 Å². The lowest BCUT2D eigenvalue weighted by Crippen LogP contribution is -2.41. The minimum absolute atomic E-state index is 0.241. The number of nitrogens with zero attached hydrogens (tertiary/aromatic N) is 1. The Morgan fingerprint density at radius 3 is 2.31 bits per heavy atom. The highest BCUT2D eigenvalue weighted by atomic mass is 32.2. The third kappa shape index (κ3) is 5.54. The predicted octanol–water partition coefficient (Wildman–Crippen LogP) is 2.89. The zero-order valence-corrected chi connectivity index (χ0v) is 18.7. The molecule has 0 unspecified atom stereocenters. The van der Waals surface area contributed by atoms with E-state index in [2.05, 4.69) is 4.74 Å². The highest BCUT2D eigenvalue weighted by Crippen LogP contribution is 2.31. The Balaban J connectivity index is 1.62. The molecule has 0 bridgehead atoms. The van der Waals surface area contributed by atoms with Gasteiger partial charge in [0.15, 0.2) is 11.5 Å². The Hall–Kier alpha value is -3.17. The van der Waals surface area contributed by atoms with Crippen LogP contribution in [0.5, 0.6) is 11.5 Å². The summed E-state index contributed by atoms with van der Waals surface area (Å²) in [5.74, 6) is -0.736. The molecule has 1 fully saturated rings. The third-order valence-electron chi connectivity index (χ3n) is 5.18. The third-order valence-corrected chi connectivity index (χ3v) is 7.09. The van der Waals surface area contributed by atoms with Crippen LogP contribution in [-0.4, -0.2) is 52.0 Å². The number of benzene rings is 2. The van der Waals surface area contributed by atoms with Crippen LogP contribution >= 0.6 is 0 Å². The van der Waals surface area contributed by atoms with Gasteiger partial charge in [-0.05, 0) is 48.7 Å². The molecule has 8 nitrogen and oxygen atoms in total. The van der Waals surface area contributed by atoms with E-state index in [-0.39, 0.29) is 23.7 Å². The second kappa shape index (κ2) is 10.4. The number of methoxy groups -OCH3 is 2. The number of sulfonamides is 1. The Morgan fingerprint density at radius 1 is 1.00 bits per heavy atom. The van der Waals surface area contributed by atoms with E-state index in [1.165, 1.54) is 24.6 Å². The second-order valence-electron chi connectivity index (χ2n) is 7.18. The van der Waals surface area contributed by atoms with Crippen molar-refractivity contribution >= 4 is 28.0 Å². The maximum Gasteiger partial charge on any atom is 0.330 e. The first kappa shape index (κ1) is 23.5. The Morgan fingerprint density at radius 2 is 1.69 bits per heavy atom. The van der Waals surface area contributed by atoms with E-state index in [4.69, 9.17) is 9.47 Å². The van der Waals surface area contributed by atoms with E-state index in [1.807, 2.05) is 0 Å². The Kier molecular flexibility index (Phi) is 7.66. The van der Waals surface area contributed by atoms with Crippen molar-refractivity contribution in [3.05, 3.63) is 60.2 Å². The molecule has 2 aromatic rings. The van der Waals surface area contributed by atoms with Gasteiger partial charge in [0.25, 0.3) is 0 Å². The number of carbonyl (C=O) groups is 2. The van der Waals surface area contributed by atoms with E-state index < -0.39 is 27.9 Å². The fraction of sp³-hybridized carbons (Fsp3) is 0.304. The molecule has 0 aliphatic carbocycles. The molecule has 0 radical (unpaired) electrons. The summed E-state index contributed by atoms with van der Waals surface area (Å²) in [5.41, 5.74) is 0.673. The van der Waals surface area contributed by atoms with Gasteiger partial charge in [0.2, 0.25) is 10.0 Å². The van der Waals surface area contributed by atoms with Gasteiger partial charge >= 0.3 is 11.9 Å². The largest absolute Gasteiger partial charge is 0.493 e. The van der Waals surface area contributed by atoms with Crippen LogP contribution in [0.4, 0.5) is 0 Å². The van der Waals surface area contributed by atoms with Gasteiger partial charge in [-0.1, -0.05) is 24.3 Å². The summed E-state index contributed by atoms with van der Waals surface area (Å²) in [6.07, 6.45) is 3.57. The van der Waals surface area contributed by atoms with Gasteiger partial charge in [0.05, 0.1) is 25.0 Å². The highest BCUT2D eigenvalue weighted by Gasteiger charge is 2.33. The molecule has 1 aliphatic heterocycles. The lowest BCUT2D eigenvalue weighted by Gasteiger charge is -2.30. The highest BCUT2D eigenvalue weighted by molar-refractivity contribution is 7.89. The van der Waals surface area contributed by atoms with Crippen LogP contribution in [0.1, 0.15) is 18.4 Å². The van der Waals surface area contributed by atoms with Gasteiger partial charge < -0.3 is 14.2 Å². The summed E-state index contributed by atoms with van der Waals surface area (Å²) in [6, 6.07) is 13.1. The summed E-state index contributed by atoms with van der Waals surface area (Å²) in [6.45, 7) is 0.483. The van der Waals surface area contributed by atoms with Crippen molar-refractivity contribution in [3.8, 4) is 11.5 Å². The number of piperidine rings is 1. The number of rotatable bonds is 7. The number of carbonyl (C=O) groups excluding carboxylic acids is 2. The molecule has 170 valence electrons. The number of hydrogen-bond donors (Lipinski definition) is 0. The lowest BCUT2D eigenvalue weighted by atomic mass is 9.98. The molecular weight excluding hydrogens is 434 g/mol. The van der Waals surface area contributed by atoms with Crippen molar-refractivity contribution < 1.29 is 32.2 Å². The number of ether oxygens (including phenoxy) is 3. The smallest absolute Gasteiger partial charge is 0.330 e. The molecule has 0 atom stereocenters. The molecule has 2 aromatic carbocycles. The number of hydrogen-bond acceptors (Lipinski definition) is 7. The zero-order valence-electron chi connectivity index (χ0n) is 17.9. The van der Waals surface area contributed by atoms with Crippen molar-refractivity contribution in [3.63, 3.8) is 0 Å². The summed E-state index contributed by atoms with van der Waals surface area (Å²) >= 11 is 0. The SMILES string of the molecule is COC(=O)/C=C/c1ccc(OC(=O)C2CCN(S(=O)(=O)c3ccccc3)CC2)c(OC)c1. The second-order valence-corrected chi connectivity index (χ2v) is 9.12. The first-order valence-electron chi connectivity index (χ1n) is 10.1. The van der Waals surface area contributed by atoms with E-state index in [1.54, 1.807) is 54.6 Å². The van der Waals surface area contributed by atoms with Crippen LogP contribution in [-0.2, 0) is 24.3 Å². The average Bonchev–Trinajstić information content (AvgIpc) is 2.83. The molecule has 0 amide bonds. The average molecular weight is 460 g/mol. The van der Waals surface area contributed by atoms with Crippen molar-refractivity contribution in [1.29, 1.82) is 0 Å². The molecule has 1 heterocycles. The molecule has 0 N–H and O–H groups in total. The van der Waals surface area contributed by atoms with Gasteiger partial charge in [-0.25, -0.2) is 13.2 Å². The summed E-state index contributed by atoms with van der Waals surface area (Å²) < 4.78 is 42.3. The fourth-order valence-corrected chi connectivity index (χ4v) is 4.86. The van der Waals surface area contributed by atoms with Gasteiger partial charge in [0, 0.05) is 19.2 Å². The van der Waals surface area contributed by atoms with Crippen molar-refractivity contribution in [2.24, 2.45) is 5.92 Å². The summed E-state index contributed by atoms with van der Waals surface area (Å²) in [5, 5.41) is 0. The maximum atomic E-state index is 12.7. The molecule has 3 rings (SSSR count). The van der Waals surface area contributed by atoms with Crippen LogP contribution in [0.2, 0.25) is 0 Å². The van der Waals surface area contributed by atoms with Crippen LogP contribution in [0.3, 0.4) is 0 Å². The van der Waals surface area contributed by atoms with E-state index >= 15 is 0 Å². The first-order chi connectivity index (χ1) is 15.3. The molecule has 0 saturated carbocycles. The monoisotopic (exact) mass is 459 g/mol. The molecule has 9 heteroatoms. The van der Waals surface area contributed by atoms with Gasteiger partial charge in [-0.15, -0.1) is 0 Å². The maximum absolute atomic E-state index is 12.7. The molecule has 0 aromatic heterocycles. The van der Waals surface area contributed by atoms with Crippen LogP contribution in [0, 0.1) is 5.92 Å². The minimum Gasteiger partial charge on any atom is -0.493 e. The minimum atomic E-state index is -3.58. The number of esters is 2. The lowest BCUT2D eigenvalue weighted by molar-refractivity contribution is -0.140. The van der Waals surface area contributed by atoms with Crippen molar-refractivity contribution in [2.45, 2.75) is 17.7 Å². The van der Waals surface area contributed by atoms with Gasteiger partial charge in [-0.2, -0.15) is 4.31 Å². The summed E-state index contributed by atoms with van der Waals surface area (Å²) in [7, 11) is -0.836. The zero-order chi connectivity index (χ0) is 23.1. The standard InChI is InChI=1S/C23H25NO7S/c1-29-21-16-17(9-11-22(25)30-2)8-10-20(21)31-23(26)18-12-14-24(15-13-18)32(27,28)19-6-4-3-5-7-19/h3-11,16,18H,12-15H2,1-2H3/b11-9+. The van der Waals surface area contributed by atoms with Crippen LogP contribution in [0.15, 0.2) is 59.5 Å². The molecule has 1 aliphatic rings. The normalized spacial score (nSPS) is 15.4. The Bertz CT molecular complexity index is 1090. The van der Waals surface area contributed by atoms with Crippen molar-refractivity contribution in [1.82, 2.24) is 4.31 Å². The van der Waals surface area contributed by atoms with Gasteiger partial charge in [-0.3, -0.25) is 4.79 Å². The molecule has 0 spiro atoms. The van der Waals surface area contributed by atoms with Gasteiger partial charge in [0.1, 0.15) is 0 Å². The molecular formula is C23H25NO7S. The van der Waals surface area contributed by atoms with Crippen LogP contribution < -0.4 is 9.47 Å². The molecule has 32 heavy (non-hydrogen) atoms. The van der Waals surface area contributed by atoms with Crippen molar-refractivity contribution in [2.75, 3.05) is 27.3 Å². The predicted molar refractivity (Wildman–Crippen MR) is 118 cm³/mol. The van der Waals surface area contributed by atoms with E-state index in [0.717, 1.165) is 0 Å². The Labute approximate surface area is 187 Å². The fourth-order valence-electron chi connectivity index (χ4n) is 3.37. The van der Waals surface area contributed by atoms with E-state index in [9.17, 15) is 18.0 Å². The quantitative estimate of drug-likeness (QED) is 0.357.